The van der Waals surface area contributed by atoms with E-state index in [0.717, 1.165) is 5.56 Å². The van der Waals surface area contributed by atoms with Crippen LogP contribution in [0.2, 0.25) is 0 Å². The third-order valence-electron chi connectivity index (χ3n) is 3.87. The third kappa shape index (κ3) is 5.86. The molecule has 1 N–H and O–H groups in total. The van der Waals surface area contributed by atoms with Gasteiger partial charge in [-0.05, 0) is 29.8 Å². The monoisotopic (exact) mass is 411 g/mol. The molecule has 29 heavy (non-hydrogen) atoms. The van der Waals surface area contributed by atoms with Gasteiger partial charge in [0, 0.05) is 18.9 Å². The number of hydrogen-bond acceptors (Lipinski definition) is 7. The van der Waals surface area contributed by atoms with Crippen LogP contribution in [0.25, 0.3) is 0 Å². The molecule has 0 aliphatic rings. The summed E-state index contributed by atoms with van der Waals surface area (Å²) in [4.78, 5) is 20.7. The van der Waals surface area contributed by atoms with Crippen LogP contribution < -0.4 is 19.5 Å². The maximum atomic E-state index is 12.3. The number of carbonyl (C=O) groups excluding carboxylic acids is 1. The van der Waals surface area contributed by atoms with Crippen LogP contribution in [0.5, 0.6) is 23.1 Å². The lowest BCUT2D eigenvalue weighted by Crippen LogP contribution is -2.24. The van der Waals surface area contributed by atoms with Crippen molar-refractivity contribution in [3.63, 3.8) is 0 Å². The van der Waals surface area contributed by atoms with Crippen molar-refractivity contribution >= 4 is 17.7 Å². The van der Waals surface area contributed by atoms with Crippen molar-refractivity contribution in [3.05, 3.63) is 66.5 Å². The number of para-hydroxylation sites is 1. The van der Waals surface area contributed by atoms with Crippen LogP contribution in [0.3, 0.4) is 0 Å². The zero-order chi connectivity index (χ0) is 20.5. The molecule has 0 aliphatic heterocycles. The summed E-state index contributed by atoms with van der Waals surface area (Å²) >= 11 is 1.27. The average molecular weight is 411 g/mol. The highest BCUT2D eigenvalue weighted by molar-refractivity contribution is 8.00. The Morgan fingerprint density at radius 3 is 2.52 bits per heavy atom. The number of carbonyl (C=O) groups is 1. The molecule has 0 radical (unpaired) electrons. The van der Waals surface area contributed by atoms with E-state index < -0.39 is 0 Å². The molecule has 0 atom stereocenters. The van der Waals surface area contributed by atoms with Crippen LogP contribution in [-0.2, 0) is 11.3 Å². The van der Waals surface area contributed by atoms with E-state index in [-0.39, 0.29) is 11.7 Å². The van der Waals surface area contributed by atoms with Gasteiger partial charge in [-0.25, -0.2) is 9.97 Å². The van der Waals surface area contributed by atoms with Gasteiger partial charge in [0.15, 0.2) is 16.5 Å². The summed E-state index contributed by atoms with van der Waals surface area (Å²) in [6.07, 6.45) is 3.13. The fourth-order valence-electron chi connectivity index (χ4n) is 2.46. The van der Waals surface area contributed by atoms with E-state index >= 15 is 0 Å². The first kappa shape index (κ1) is 20.5. The minimum atomic E-state index is -0.124. The summed E-state index contributed by atoms with van der Waals surface area (Å²) in [6.45, 7) is 0.383. The number of thioether (sulfide) groups is 1. The normalized spacial score (nSPS) is 10.3. The smallest absolute Gasteiger partial charge is 0.252 e. The number of methoxy groups -OCH3 is 2. The summed E-state index contributed by atoms with van der Waals surface area (Å²) in [6, 6.07) is 14.8. The molecule has 3 aromatic rings. The molecule has 8 heteroatoms. The second-order valence-corrected chi connectivity index (χ2v) is 6.80. The molecule has 0 spiro atoms. The topological polar surface area (TPSA) is 82.6 Å². The van der Waals surface area contributed by atoms with Gasteiger partial charge in [-0.2, -0.15) is 0 Å². The van der Waals surface area contributed by atoms with Crippen molar-refractivity contribution in [2.45, 2.75) is 11.6 Å². The molecule has 0 aliphatic carbocycles. The van der Waals surface area contributed by atoms with Crippen molar-refractivity contribution in [2.75, 3.05) is 20.0 Å². The number of rotatable bonds is 9. The van der Waals surface area contributed by atoms with Crippen molar-refractivity contribution in [3.8, 4) is 23.1 Å². The second-order valence-electron chi connectivity index (χ2n) is 5.84. The van der Waals surface area contributed by atoms with E-state index in [1.165, 1.54) is 11.8 Å². The largest absolute Gasteiger partial charge is 0.493 e. The van der Waals surface area contributed by atoms with Gasteiger partial charge >= 0.3 is 0 Å². The molecular weight excluding hydrogens is 390 g/mol. The van der Waals surface area contributed by atoms with Gasteiger partial charge in [0.25, 0.3) is 5.88 Å². The van der Waals surface area contributed by atoms with E-state index in [1.807, 2.05) is 48.5 Å². The molecule has 2 aromatic carbocycles. The number of ether oxygens (including phenoxy) is 3. The molecule has 1 heterocycles. The molecule has 1 aromatic heterocycles. The zero-order valence-corrected chi connectivity index (χ0v) is 16.9. The average Bonchev–Trinajstić information content (AvgIpc) is 2.77. The minimum Gasteiger partial charge on any atom is -0.493 e. The van der Waals surface area contributed by atoms with E-state index in [9.17, 15) is 4.79 Å². The van der Waals surface area contributed by atoms with Crippen molar-refractivity contribution in [2.24, 2.45) is 0 Å². The van der Waals surface area contributed by atoms with Crippen LogP contribution in [0.1, 0.15) is 5.56 Å². The Bertz CT molecular complexity index is 954. The molecular formula is C21H21N3O4S. The third-order valence-corrected chi connectivity index (χ3v) is 4.83. The number of nitrogens with zero attached hydrogens (tertiary/aromatic N) is 2. The number of benzene rings is 2. The molecule has 150 valence electrons. The summed E-state index contributed by atoms with van der Waals surface area (Å²) in [7, 11) is 3.16. The maximum Gasteiger partial charge on any atom is 0.252 e. The van der Waals surface area contributed by atoms with Gasteiger partial charge in [0.2, 0.25) is 5.91 Å². The first-order valence-electron chi connectivity index (χ1n) is 8.84. The van der Waals surface area contributed by atoms with E-state index in [1.54, 1.807) is 26.6 Å². The van der Waals surface area contributed by atoms with Gasteiger partial charge in [0.1, 0.15) is 5.75 Å². The van der Waals surface area contributed by atoms with Crippen LogP contribution in [-0.4, -0.2) is 35.8 Å². The Labute approximate surface area is 173 Å². The Kier molecular flexibility index (Phi) is 7.29. The Balaban J connectivity index is 1.55. The van der Waals surface area contributed by atoms with Crippen molar-refractivity contribution < 1.29 is 19.0 Å². The highest BCUT2D eigenvalue weighted by Crippen LogP contribution is 2.29. The first-order chi connectivity index (χ1) is 14.2. The van der Waals surface area contributed by atoms with Crippen molar-refractivity contribution in [1.29, 1.82) is 0 Å². The predicted molar refractivity (Wildman–Crippen MR) is 111 cm³/mol. The highest BCUT2D eigenvalue weighted by Gasteiger charge is 2.12. The fraction of sp³-hybridized carbons (Fsp3) is 0.190. The van der Waals surface area contributed by atoms with Crippen LogP contribution in [0.4, 0.5) is 0 Å². The van der Waals surface area contributed by atoms with E-state index in [4.69, 9.17) is 14.2 Å². The first-order valence-corrected chi connectivity index (χ1v) is 9.82. The van der Waals surface area contributed by atoms with Gasteiger partial charge in [-0.3, -0.25) is 4.79 Å². The molecule has 0 unspecified atom stereocenters. The molecule has 0 saturated carbocycles. The SMILES string of the molecule is COc1ccc(CNC(=O)CSc2nccnc2Oc2ccccc2)cc1OC. The number of amides is 1. The summed E-state index contributed by atoms with van der Waals surface area (Å²) in [5, 5.41) is 3.44. The maximum absolute atomic E-state index is 12.3. The molecule has 0 bridgehead atoms. The zero-order valence-electron chi connectivity index (χ0n) is 16.1. The number of hydrogen-bond donors (Lipinski definition) is 1. The lowest BCUT2D eigenvalue weighted by Gasteiger charge is -2.11. The Hall–Kier alpha value is -3.26. The summed E-state index contributed by atoms with van der Waals surface area (Å²) < 4.78 is 16.3. The Morgan fingerprint density at radius 1 is 1.00 bits per heavy atom. The molecule has 0 saturated heterocycles. The van der Waals surface area contributed by atoms with E-state index in [0.29, 0.717) is 34.7 Å². The minimum absolute atomic E-state index is 0.124. The fourth-order valence-corrected chi connectivity index (χ4v) is 3.18. The number of nitrogens with one attached hydrogen (secondary N) is 1. The van der Waals surface area contributed by atoms with Gasteiger partial charge < -0.3 is 19.5 Å². The second kappa shape index (κ2) is 10.3. The predicted octanol–water partition coefficient (Wildman–Crippen LogP) is 3.69. The van der Waals surface area contributed by atoms with Crippen LogP contribution >= 0.6 is 11.8 Å². The quantitative estimate of drug-likeness (QED) is 0.538. The highest BCUT2D eigenvalue weighted by atomic mass is 32.2. The summed E-state index contributed by atoms with van der Waals surface area (Å²) in [5.74, 6) is 2.37. The van der Waals surface area contributed by atoms with Crippen LogP contribution in [0, 0.1) is 0 Å². The van der Waals surface area contributed by atoms with Gasteiger partial charge in [-0.1, -0.05) is 36.0 Å². The number of aromatic nitrogens is 2. The Morgan fingerprint density at radius 2 is 1.76 bits per heavy atom. The summed E-state index contributed by atoms with van der Waals surface area (Å²) in [5.41, 5.74) is 0.911. The van der Waals surface area contributed by atoms with E-state index in [2.05, 4.69) is 15.3 Å². The molecule has 1 amide bonds. The van der Waals surface area contributed by atoms with Gasteiger partial charge in [-0.15, -0.1) is 0 Å². The molecule has 0 fully saturated rings. The lowest BCUT2D eigenvalue weighted by molar-refractivity contribution is -0.118. The van der Waals surface area contributed by atoms with Crippen molar-refractivity contribution in [1.82, 2.24) is 15.3 Å². The van der Waals surface area contributed by atoms with Crippen LogP contribution in [0.15, 0.2) is 66.0 Å². The standard InChI is InChI=1S/C21H21N3O4S/c1-26-17-9-8-15(12-18(17)27-2)13-24-19(25)14-29-21-20(22-10-11-23-21)28-16-6-4-3-5-7-16/h3-12H,13-14H2,1-2H3,(H,24,25). The molecule has 7 nitrogen and oxygen atoms in total. The molecule has 3 rings (SSSR count). The lowest BCUT2D eigenvalue weighted by atomic mass is 10.2. The van der Waals surface area contributed by atoms with Gasteiger partial charge in [0.05, 0.1) is 20.0 Å².